The van der Waals surface area contributed by atoms with Crippen molar-refractivity contribution in [3.8, 4) is 11.5 Å². The highest BCUT2D eigenvalue weighted by molar-refractivity contribution is 9.10. The molecule has 1 aliphatic rings. The molecule has 0 spiro atoms. The van der Waals surface area contributed by atoms with E-state index in [0.717, 1.165) is 9.37 Å². The Kier molecular flexibility index (Phi) is 8.62. The van der Waals surface area contributed by atoms with Crippen molar-refractivity contribution >= 4 is 68.7 Å². The first-order valence-corrected chi connectivity index (χ1v) is 12.7. The molecule has 0 aromatic heterocycles. The highest BCUT2D eigenvalue weighted by Crippen LogP contribution is 2.37. The highest BCUT2D eigenvalue weighted by atomic mass is 79.9. The van der Waals surface area contributed by atoms with Crippen LogP contribution in [0.3, 0.4) is 0 Å². The van der Waals surface area contributed by atoms with Crippen molar-refractivity contribution in [2.45, 2.75) is 6.92 Å². The van der Waals surface area contributed by atoms with E-state index in [1.165, 1.54) is 36.4 Å². The molecule has 0 unspecified atom stereocenters. The molecule has 0 saturated carbocycles. The van der Waals surface area contributed by atoms with Gasteiger partial charge in [0.25, 0.3) is 17.7 Å². The van der Waals surface area contributed by atoms with Crippen LogP contribution >= 0.6 is 27.5 Å². The number of para-hydroxylation sites is 1. The molecule has 5 amide bonds. The smallest absolute Gasteiger partial charge is 0.335 e. The molecule has 9 nitrogen and oxygen atoms in total. The number of nitrogens with zero attached hydrogens (tertiary/aromatic N) is 1. The fourth-order valence-corrected chi connectivity index (χ4v) is 4.15. The monoisotopic (exact) mass is 615 g/mol. The maximum Gasteiger partial charge on any atom is 0.335 e. The van der Waals surface area contributed by atoms with E-state index < -0.39 is 36.2 Å². The molecule has 0 atom stereocenters. The van der Waals surface area contributed by atoms with Gasteiger partial charge in [-0.25, -0.2) is 14.1 Å². The van der Waals surface area contributed by atoms with Gasteiger partial charge in [-0.1, -0.05) is 39.7 Å². The Labute approximate surface area is 235 Å². The zero-order chi connectivity index (χ0) is 28.1. The number of benzene rings is 3. The van der Waals surface area contributed by atoms with Crippen LogP contribution in [-0.2, 0) is 14.4 Å². The van der Waals surface area contributed by atoms with E-state index in [9.17, 15) is 23.6 Å². The Morgan fingerprint density at radius 2 is 1.82 bits per heavy atom. The maximum absolute atomic E-state index is 13.8. The van der Waals surface area contributed by atoms with Gasteiger partial charge in [-0.05, 0) is 67.1 Å². The third-order valence-corrected chi connectivity index (χ3v) is 6.13. The summed E-state index contributed by atoms with van der Waals surface area (Å²) in [6, 6.07) is 14.1. The molecule has 0 radical (unpaired) electrons. The fourth-order valence-electron chi connectivity index (χ4n) is 3.61. The number of urea groups is 1. The first-order valence-electron chi connectivity index (χ1n) is 11.5. The summed E-state index contributed by atoms with van der Waals surface area (Å²) < 4.78 is 25.7. The average Bonchev–Trinajstić information content (AvgIpc) is 2.88. The lowest BCUT2D eigenvalue weighted by atomic mass is 10.1. The molecule has 0 aliphatic carbocycles. The van der Waals surface area contributed by atoms with Gasteiger partial charge in [0, 0.05) is 4.47 Å². The quantitative estimate of drug-likeness (QED) is 0.262. The van der Waals surface area contributed by atoms with Gasteiger partial charge in [0.1, 0.15) is 11.4 Å². The zero-order valence-electron chi connectivity index (χ0n) is 20.3. The van der Waals surface area contributed by atoms with Crippen molar-refractivity contribution in [3.05, 3.63) is 87.1 Å². The molecular weight excluding hydrogens is 597 g/mol. The normalized spacial score (nSPS) is 14.3. The van der Waals surface area contributed by atoms with E-state index in [4.69, 9.17) is 21.1 Å². The number of halogens is 3. The van der Waals surface area contributed by atoms with E-state index in [0.29, 0.717) is 5.56 Å². The summed E-state index contributed by atoms with van der Waals surface area (Å²) in [7, 11) is 0. The topological polar surface area (TPSA) is 114 Å². The standard InChI is InChI=1S/C27H20BrClFN3O6/c1-2-38-22-13-15(12-19(29)24(22)39-14-23(34)31-21-6-4-3-5-20(21)30)11-18-25(35)32-27(37)33(26(18)36)17-9-7-16(28)8-10-17/h3-13H,2,14H2,1H3,(H,31,34)(H,32,35,37)/b18-11+. The Bertz CT molecular complexity index is 1500. The van der Waals surface area contributed by atoms with Crippen LogP contribution in [0.5, 0.6) is 11.5 Å². The van der Waals surface area contributed by atoms with Gasteiger partial charge in [-0.15, -0.1) is 0 Å². The molecule has 1 heterocycles. The number of anilines is 2. The van der Waals surface area contributed by atoms with Crippen LogP contribution in [-0.4, -0.2) is 37.0 Å². The van der Waals surface area contributed by atoms with Crippen LogP contribution < -0.4 is 25.0 Å². The highest BCUT2D eigenvalue weighted by Gasteiger charge is 2.36. The Hall–Kier alpha value is -4.22. The molecule has 3 aromatic rings. The number of hydrogen-bond donors (Lipinski definition) is 2. The largest absolute Gasteiger partial charge is 0.490 e. The molecule has 1 aliphatic heterocycles. The summed E-state index contributed by atoms with van der Waals surface area (Å²) in [6.45, 7) is 1.42. The Morgan fingerprint density at radius 3 is 2.51 bits per heavy atom. The second-order valence-electron chi connectivity index (χ2n) is 8.01. The van der Waals surface area contributed by atoms with Crippen LogP contribution in [0, 0.1) is 5.82 Å². The van der Waals surface area contributed by atoms with Crippen molar-refractivity contribution in [2.24, 2.45) is 0 Å². The summed E-state index contributed by atoms with van der Waals surface area (Å²) in [6.07, 6.45) is 1.26. The first-order chi connectivity index (χ1) is 18.7. The van der Waals surface area contributed by atoms with Crippen LogP contribution in [0.4, 0.5) is 20.6 Å². The molecule has 200 valence electrons. The summed E-state index contributed by atoms with van der Waals surface area (Å²) in [4.78, 5) is 51.3. The molecular formula is C27H20BrClFN3O6. The second kappa shape index (κ2) is 12.1. The lowest BCUT2D eigenvalue weighted by Gasteiger charge is -2.26. The Morgan fingerprint density at radius 1 is 1.10 bits per heavy atom. The van der Waals surface area contributed by atoms with Crippen LogP contribution in [0.1, 0.15) is 12.5 Å². The van der Waals surface area contributed by atoms with Gasteiger partial charge in [0.15, 0.2) is 18.1 Å². The molecule has 12 heteroatoms. The van der Waals surface area contributed by atoms with E-state index in [-0.39, 0.29) is 40.1 Å². The molecule has 39 heavy (non-hydrogen) atoms. The Balaban J connectivity index is 1.58. The average molecular weight is 617 g/mol. The second-order valence-corrected chi connectivity index (χ2v) is 9.34. The van der Waals surface area contributed by atoms with Crippen molar-refractivity contribution < 1.29 is 33.0 Å². The van der Waals surface area contributed by atoms with Crippen molar-refractivity contribution in [3.63, 3.8) is 0 Å². The number of carbonyl (C=O) groups excluding carboxylic acids is 4. The summed E-state index contributed by atoms with van der Waals surface area (Å²) in [5, 5.41) is 4.58. The van der Waals surface area contributed by atoms with Crippen molar-refractivity contribution in [2.75, 3.05) is 23.4 Å². The van der Waals surface area contributed by atoms with Gasteiger partial charge in [0.2, 0.25) is 0 Å². The van der Waals surface area contributed by atoms with Crippen LogP contribution in [0.15, 0.2) is 70.7 Å². The summed E-state index contributed by atoms with van der Waals surface area (Å²) >= 11 is 9.70. The third kappa shape index (κ3) is 6.44. The molecule has 1 fully saturated rings. The predicted octanol–water partition coefficient (Wildman–Crippen LogP) is 5.32. The third-order valence-electron chi connectivity index (χ3n) is 5.32. The fraction of sp³-hybridized carbons (Fsp3) is 0.111. The number of barbiturate groups is 1. The lowest BCUT2D eigenvalue weighted by Crippen LogP contribution is -2.54. The van der Waals surface area contributed by atoms with Gasteiger partial charge < -0.3 is 14.8 Å². The van der Waals surface area contributed by atoms with E-state index >= 15 is 0 Å². The number of nitrogens with one attached hydrogen (secondary N) is 2. The molecule has 1 saturated heterocycles. The summed E-state index contributed by atoms with van der Waals surface area (Å²) in [5.41, 5.74) is 0.254. The van der Waals surface area contributed by atoms with E-state index in [1.54, 1.807) is 37.3 Å². The van der Waals surface area contributed by atoms with Gasteiger partial charge in [0.05, 0.1) is 23.0 Å². The molecule has 3 aromatic carbocycles. The minimum absolute atomic E-state index is 0.00436. The molecule has 2 N–H and O–H groups in total. The van der Waals surface area contributed by atoms with Crippen molar-refractivity contribution in [1.29, 1.82) is 0 Å². The minimum Gasteiger partial charge on any atom is -0.490 e. The number of hydrogen-bond acceptors (Lipinski definition) is 6. The number of imide groups is 2. The first kappa shape index (κ1) is 27.8. The van der Waals surface area contributed by atoms with Crippen LogP contribution in [0.25, 0.3) is 6.08 Å². The van der Waals surface area contributed by atoms with E-state index in [2.05, 4.69) is 26.6 Å². The lowest BCUT2D eigenvalue weighted by molar-refractivity contribution is -0.122. The maximum atomic E-state index is 13.8. The van der Waals surface area contributed by atoms with Crippen LogP contribution in [0.2, 0.25) is 5.02 Å². The number of ether oxygens (including phenoxy) is 2. The zero-order valence-corrected chi connectivity index (χ0v) is 22.6. The van der Waals surface area contributed by atoms with Crippen molar-refractivity contribution in [1.82, 2.24) is 5.32 Å². The number of rotatable bonds is 8. The van der Waals surface area contributed by atoms with Gasteiger partial charge in [-0.3, -0.25) is 19.7 Å². The van der Waals surface area contributed by atoms with Gasteiger partial charge >= 0.3 is 6.03 Å². The predicted molar refractivity (Wildman–Crippen MR) is 146 cm³/mol. The van der Waals surface area contributed by atoms with Gasteiger partial charge in [-0.2, -0.15) is 0 Å². The SMILES string of the molecule is CCOc1cc(/C=C2\C(=O)NC(=O)N(c3ccc(Br)cc3)C2=O)cc(Cl)c1OCC(=O)Nc1ccccc1F. The molecule has 0 bridgehead atoms. The summed E-state index contributed by atoms with van der Waals surface area (Å²) in [5.74, 6) is -2.76. The minimum atomic E-state index is -0.880. The number of carbonyl (C=O) groups is 4. The number of amides is 5. The molecule has 4 rings (SSSR count). The van der Waals surface area contributed by atoms with E-state index in [1.807, 2.05) is 0 Å².